The summed E-state index contributed by atoms with van der Waals surface area (Å²) in [6, 6.07) is 16.5. The van der Waals surface area contributed by atoms with Gasteiger partial charge in [0.05, 0.1) is 22.5 Å². The number of benzene rings is 2. The van der Waals surface area contributed by atoms with E-state index in [9.17, 15) is 34.8 Å². The molecule has 0 aliphatic rings. The minimum absolute atomic E-state index is 0.0377. The first-order valence-electron chi connectivity index (χ1n) is 11.9. The Morgan fingerprint density at radius 3 is 1.95 bits per heavy atom. The average Bonchev–Trinajstić information content (AvgIpc) is 3.43. The molecule has 3 heterocycles. The van der Waals surface area contributed by atoms with E-state index in [1.807, 2.05) is 18.2 Å². The third-order valence-corrected chi connectivity index (χ3v) is 6.65. The van der Waals surface area contributed by atoms with Crippen LogP contribution in [0.15, 0.2) is 103 Å². The molecular weight excluding hydrogens is 584 g/mol. The number of imidazole rings is 1. The van der Waals surface area contributed by atoms with Gasteiger partial charge in [0.25, 0.3) is 0 Å². The van der Waals surface area contributed by atoms with Crippen LogP contribution in [0.1, 0.15) is 16.7 Å². The van der Waals surface area contributed by atoms with E-state index in [0.29, 0.717) is 0 Å². The standard InChI is InChI=1S/C21H13F6N5O2S.C7H8/c22-20(23,24)14-3-1-12(2-4-14)17-6-15(21(25,26)27)7-19(31-17)32-10-18(30-11-32)13-5-16(9-29-8-13)35(28,33)34;1-7-5-3-2-4-6-7/h1-11H,(H2,28,33,34);2-6H,1H3. The molecule has 0 bridgehead atoms. The Kier molecular flexibility index (Phi) is 8.50. The molecule has 0 atom stereocenters. The SMILES string of the molecule is Cc1ccccc1.NS(=O)(=O)c1cncc(-c2cn(-c3cc(C(F)(F)F)cc(-c4ccc(C(F)(F)F)cc4)n3)cn2)c1. The number of nitrogens with two attached hydrogens (primary N) is 1. The summed E-state index contributed by atoms with van der Waals surface area (Å²) in [6.45, 7) is 2.08. The van der Waals surface area contributed by atoms with Gasteiger partial charge in [0.2, 0.25) is 10.0 Å². The first kappa shape index (κ1) is 30.4. The first-order chi connectivity index (χ1) is 19.6. The van der Waals surface area contributed by atoms with Gasteiger partial charge in [-0.25, -0.2) is 23.5 Å². The smallest absolute Gasteiger partial charge is 0.290 e. The van der Waals surface area contributed by atoms with Gasteiger partial charge < -0.3 is 0 Å². The van der Waals surface area contributed by atoms with Crippen molar-refractivity contribution in [2.45, 2.75) is 24.2 Å². The Morgan fingerprint density at radius 2 is 1.40 bits per heavy atom. The number of aryl methyl sites for hydroxylation is 1. The van der Waals surface area contributed by atoms with Crippen molar-refractivity contribution in [3.63, 3.8) is 0 Å². The maximum atomic E-state index is 13.5. The fourth-order valence-electron chi connectivity index (χ4n) is 3.64. The number of halogens is 6. The molecule has 0 radical (unpaired) electrons. The number of primary sulfonamides is 1. The Balaban J connectivity index is 0.000000507. The highest BCUT2D eigenvalue weighted by molar-refractivity contribution is 7.89. The summed E-state index contributed by atoms with van der Waals surface area (Å²) in [4.78, 5) is 11.7. The summed E-state index contributed by atoms with van der Waals surface area (Å²) in [7, 11) is -4.05. The van der Waals surface area contributed by atoms with E-state index in [0.717, 1.165) is 53.5 Å². The lowest BCUT2D eigenvalue weighted by Gasteiger charge is -2.13. The molecule has 3 aromatic heterocycles. The van der Waals surface area contributed by atoms with Crippen molar-refractivity contribution in [2.75, 3.05) is 0 Å². The zero-order chi connectivity index (χ0) is 30.7. The number of aromatic nitrogens is 4. The number of pyridine rings is 2. The zero-order valence-corrected chi connectivity index (χ0v) is 22.4. The topological polar surface area (TPSA) is 104 Å². The summed E-state index contributed by atoms with van der Waals surface area (Å²) < 4.78 is 103. The van der Waals surface area contributed by atoms with E-state index < -0.39 is 33.5 Å². The molecule has 0 aliphatic carbocycles. The zero-order valence-electron chi connectivity index (χ0n) is 21.6. The molecule has 0 unspecified atom stereocenters. The van der Waals surface area contributed by atoms with Gasteiger partial charge in [-0.15, -0.1) is 0 Å². The summed E-state index contributed by atoms with van der Waals surface area (Å²) in [5.41, 5.74) is -0.494. The highest BCUT2D eigenvalue weighted by Crippen LogP contribution is 2.35. The van der Waals surface area contributed by atoms with Gasteiger partial charge in [-0.05, 0) is 37.3 Å². The summed E-state index contributed by atoms with van der Waals surface area (Å²) in [6.07, 6.45) is -4.61. The summed E-state index contributed by atoms with van der Waals surface area (Å²) in [5.74, 6) is -0.218. The van der Waals surface area contributed by atoms with Crippen LogP contribution in [0.5, 0.6) is 0 Å². The van der Waals surface area contributed by atoms with Crippen molar-refractivity contribution in [3.05, 3.63) is 114 Å². The molecule has 14 heteroatoms. The molecule has 42 heavy (non-hydrogen) atoms. The van der Waals surface area contributed by atoms with Crippen LogP contribution in [0.3, 0.4) is 0 Å². The van der Waals surface area contributed by atoms with Gasteiger partial charge in [-0.1, -0.05) is 48.0 Å². The third kappa shape index (κ3) is 7.59. The van der Waals surface area contributed by atoms with E-state index in [-0.39, 0.29) is 33.2 Å². The van der Waals surface area contributed by atoms with Gasteiger partial charge >= 0.3 is 12.4 Å². The fourth-order valence-corrected chi connectivity index (χ4v) is 4.13. The molecule has 0 spiro atoms. The number of hydrogen-bond donors (Lipinski definition) is 1. The Labute approximate surface area is 236 Å². The second-order valence-electron chi connectivity index (χ2n) is 8.95. The summed E-state index contributed by atoms with van der Waals surface area (Å²) >= 11 is 0. The predicted molar refractivity (Wildman–Crippen MR) is 143 cm³/mol. The van der Waals surface area contributed by atoms with Gasteiger partial charge in [-0.3, -0.25) is 9.55 Å². The van der Waals surface area contributed by atoms with Crippen LogP contribution in [-0.4, -0.2) is 27.9 Å². The molecule has 0 amide bonds. The van der Waals surface area contributed by atoms with Crippen molar-refractivity contribution in [2.24, 2.45) is 5.14 Å². The number of rotatable bonds is 4. The minimum atomic E-state index is -4.77. The van der Waals surface area contributed by atoms with E-state index in [1.54, 1.807) is 0 Å². The lowest BCUT2D eigenvalue weighted by molar-refractivity contribution is -0.138. The lowest BCUT2D eigenvalue weighted by atomic mass is 10.1. The normalized spacial score (nSPS) is 12.0. The molecule has 2 aromatic carbocycles. The highest BCUT2D eigenvalue weighted by atomic mass is 32.2. The van der Waals surface area contributed by atoms with E-state index in [2.05, 4.69) is 34.0 Å². The molecule has 5 aromatic rings. The van der Waals surface area contributed by atoms with Gasteiger partial charge in [0.15, 0.2) is 0 Å². The van der Waals surface area contributed by atoms with Crippen LogP contribution in [0.25, 0.3) is 28.3 Å². The molecule has 0 fully saturated rings. The van der Waals surface area contributed by atoms with Crippen molar-refractivity contribution in [3.8, 4) is 28.3 Å². The molecule has 0 saturated heterocycles. The number of nitrogens with zero attached hydrogens (tertiary/aromatic N) is 4. The summed E-state index contributed by atoms with van der Waals surface area (Å²) in [5, 5.41) is 5.09. The fraction of sp³-hybridized carbons (Fsp3) is 0.107. The van der Waals surface area contributed by atoms with E-state index in [1.165, 1.54) is 24.0 Å². The van der Waals surface area contributed by atoms with Crippen molar-refractivity contribution < 1.29 is 34.8 Å². The molecule has 5 rings (SSSR count). The van der Waals surface area contributed by atoms with Crippen molar-refractivity contribution >= 4 is 10.0 Å². The van der Waals surface area contributed by atoms with Crippen molar-refractivity contribution in [1.29, 1.82) is 0 Å². The number of sulfonamides is 1. The van der Waals surface area contributed by atoms with Crippen LogP contribution < -0.4 is 5.14 Å². The maximum Gasteiger partial charge on any atom is 0.416 e. The molecule has 2 N–H and O–H groups in total. The second-order valence-corrected chi connectivity index (χ2v) is 10.5. The van der Waals surface area contributed by atoms with Crippen LogP contribution in [0, 0.1) is 6.92 Å². The Morgan fingerprint density at radius 1 is 0.762 bits per heavy atom. The largest absolute Gasteiger partial charge is 0.416 e. The molecule has 7 nitrogen and oxygen atoms in total. The van der Waals surface area contributed by atoms with Crippen LogP contribution in [-0.2, 0) is 22.4 Å². The van der Waals surface area contributed by atoms with Gasteiger partial charge in [0.1, 0.15) is 17.0 Å². The minimum Gasteiger partial charge on any atom is -0.290 e. The quantitative estimate of drug-likeness (QED) is 0.230. The van der Waals surface area contributed by atoms with Gasteiger partial charge in [-0.2, -0.15) is 26.3 Å². The number of alkyl halides is 6. The predicted octanol–water partition coefficient (Wildman–Crippen LogP) is 6.68. The average molecular weight is 606 g/mol. The third-order valence-electron chi connectivity index (χ3n) is 5.77. The second kappa shape index (κ2) is 11.7. The maximum absolute atomic E-state index is 13.5. The number of hydrogen-bond acceptors (Lipinski definition) is 5. The molecule has 218 valence electrons. The molecular formula is C28H21F6N5O2S. The van der Waals surface area contributed by atoms with E-state index >= 15 is 0 Å². The van der Waals surface area contributed by atoms with Crippen LogP contribution in [0.4, 0.5) is 26.3 Å². The van der Waals surface area contributed by atoms with Crippen molar-refractivity contribution in [1.82, 2.24) is 19.5 Å². The Bertz CT molecular complexity index is 1790. The highest BCUT2D eigenvalue weighted by Gasteiger charge is 2.33. The van der Waals surface area contributed by atoms with Gasteiger partial charge in [0, 0.05) is 29.7 Å². The monoisotopic (exact) mass is 605 g/mol. The van der Waals surface area contributed by atoms with E-state index in [4.69, 9.17) is 5.14 Å². The Hall–Kier alpha value is -4.56. The van der Waals surface area contributed by atoms with Crippen LogP contribution in [0.2, 0.25) is 0 Å². The molecule has 0 saturated carbocycles. The first-order valence-corrected chi connectivity index (χ1v) is 13.5. The van der Waals surface area contributed by atoms with Crippen LogP contribution >= 0.6 is 0 Å². The lowest BCUT2D eigenvalue weighted by Crippen LogP contribution is -2.12. The molecule has 0 aliphatic heterocycles.